The molecule has 0 saturated carbocycles. The molecule has 10 heteroatoms. The minimum Gasteiger partial charge on any atom is -0.390 e. The third-order valence-electron chi connectivity index (χ3n) is 6.55. The number of hydrogen-bond donors (Lipinski definition) is 4. The Morgan fingerprint density at radius 2 is 1.97 bits per heavy atom. The van der Waals surface area contributed by atoms with E-state index in [1.807, 2.05) is 4.90 Å². The number of aliphatic hydroxyl groups is 1. The minimum absolute atomic E-state index is 0.170. The molecule has 0 bridgehead atoms. The van der Waals surface area contributed by atoms with E-state index in [1.54, 1.807) is 6.07 Å². The molecule has 0 aliphatic carbocycles. The Labute approximate surface area is 199 Å². The number of morpholine rings is 1. The molecule has 4 N–H and O–H groups in total. The van der Waals surface area contributed by atoms with Crippen LogP contribution >= 0.6 is 0 Å². The Kier molecular flexibility index (Phi) is 7.19. The molecule has 3 aliphatic rings. The number of benzene rings is 1. The van der Waals surface area contributed by atoms with E-state index in [1.165, 1.54) is 11.1 Å². The molecule has 2 saturated heterocycles. The van der Waals surface area contributed by atoms with Crippen LogP contribution < -0.4 is 20.9 Å². The van der Waals surface area contributed by atoms with Crippen molar-refractivity contribution in [3.63, 3.8) is 0 Å². The molecule has 1 atom stereocenters. The van der Waals surface area contributed by atoms with Crippen LogP contribution in [0.2, 0.25) is 0 Å². The SMILES string of the molecule is O=C(NC[C@H](O)CN1CCc2ccccc2C1)c1cc(NC2CNC2)nc(N2CCOCC2)n1. The van der Waals surface area contributed by atoms with Crippen LogP contribution in [0.15, 0.2) is 30.3 Å². The zero-order valence-electron chi connectivity index (χ0n) is 19.4. The topological polar surface area (TPSA) is 115 Å². The predicted octanol–water partition coefficient (Wildman–Crippen LogP) is -0.154. The lowest BCUT2D eigenvalue weighted by atomic mass is 10.00. The number of nitrogens with one attached hydrogen (secondary N) is 3. The summed E-state index contributed by atoms with van der Waals surface area (Å²) in [6.07, 6.45) is 0.320. The predicted molar refractivity (Wildman–Crippen MR) is 129 cm³/mol. The van der Waals surface area contributed by atoms with Crippen LogP contribution in [-0.2, 0) is 17.7 Å². The van der Waals surface area contributed by atoms with Gasteiger partial charge in [0.1, 0.15) is 11.5 Å². The molecule has 34 heavy (non-hydrogen) atoms. The number of rotatable bonds is 8. The Bertz CT molecular complexity index is 994. The van der Waals surface area contributed by atoms with Crippen LogP contribution in [0.3, 0.4) is 0 Å². The van der Waals surface area contributed by atoms with E-state index >= 15 is 0 Å². The van der Waals surface area contributed by atoms with Crippen molar-refractivity contribution in [2.24, 2.45) is 0 Å². The fraction of sp³-hybridized carbons (Fsp3) is 0.542. The monoisotopic (exact) mass is 467 g/mol. The van der Waals surface area contributed by atoms with Gasteiger partial charge in [-0.1, -0.05) is 24.3 Å². The van der Waals surface area contributed by atoms with Gasteiger partial charge in [-0.3, -0.25) is 9.69 Å². The largest absolute Gasteiger partial charge is 0.390 e. The first-order valence-corrected chi connectivity index (χ1v) is 12.1. The van der Waals surface area contributed by atoms with Crippen molar-refractivity contribution in [1.82, 2.24) is 25.5 Å². The standard InChI is InChI=1S/C24H33N7O3/c32-20(16-30-6-5-17-3-1-2-4-18(17)15-30)14-26-23(33)21-11-22(27-19-12-25-13-19)29-24(28-21)31-7-9-34-10-8-31/h1-4,11,19-20,25,32H,5-10,12-16H2,(H,26,33)(H,27,28,29)/t20-/m0/s1. The Morgan fingerprint density at radius 1 is 1.18 bits per heavy atom. The van der Waals surface area contributed by atoms with Crippen LogP contribution in [0.5, 0.6) is 0 Å². The second kappa shape index (κ2) is 10.6. The highest BCUT2D eigenvalue weighted by atomic mass is 16.5. The summed E-state index contributed by atoms with van der Waals surface area (Å²) in [5, 5.41) is 20.0. The molecule has 4 heterocycles. The molecular weight excluding hydrogens is 434 g/mol. The molecule has 0 radical (unpaired) electrons. The molecule has 0 unspecified atom stereocenters. The highest BCUT2D eigenvalue weighted by Gasteiger charge is 2.23. The third kappa shape index (κ3) is 5.64. The third-order valence-corrected chi connectivity index (χ3v) is 6.55. The molecule has 2 fully saturated rings. The first-order valence-electron chi connectivity index (χ1n) is 12.1. The summed E-state index contributed by atoms with van der Waals surface area (Å²) >= 11 is 0. The lowest BCUT2D eigenvalue weighted by Crippen LogP contribution is -2.51. The number of nitrogens with zero attached hydrogens (tertiary/aromatic N) is 4. The molecule has 182 valence electrons. The van der Waals surface area contributed by atoms with Crippen LogP contribution in [-0.4, -0.2) is 97.1 Å². The molecule has 1 amide bonds. The number of hydrogen-bond acceptors (Lipinski definition) is 9. The fourth-order valence-corrected chi connectivity index (χ4v) is 4.50. The molecule has 1 aromatic carbocycles. The number of amides is 1. The second-order valence-corrected chi connectivity index (χ2v) is 9.16. The number of fused-ring (bicyclic) bond motifs is 1. The Morgan fingerprint density at radius 3 is 2.74 bits per heavy atom. The van der Waals surface area contributed by atoms with Crippen LogP contribution in [0.25, 0.3) is 0 Å². The lowest BCUT2D eigenvalue weighted by Gasteiger charge is -2.30. The summed E-state index contributed by atoms with van der Waals surface area (Å²) in [5.41, 5.74) is 2.98. The van der Waals surface area contributed by atoms with Gasteiger partial charge in [-0.05, 0) is 17.5 Å². The molecular formula is C24H33N7O3. The highest BCUT2D eigenvalue weighted by molar-refractivity contribution is 5.93. The van der Waals surface area contributed by atoms with Crippen molar-refractivity contribution in [1.29, 1.82) is 0 Å². The molecule has 1 aromatic heterocycles. The summed E-state index contributed by atoms with van der Waals surface area (Å²) in [6, 6.07) is 10.4. The zero-order chi connectivity index (χ0) is 23.3. The van der Waals surface area contributed by atoms with Crippen molar-refractivity contribution in [2.75, 3.05) is 69.2 Å². The summed E-state index contributed by atoms with van der Waals surface area (Å²) < 4.78 is 5.43. The van der Waals surface area contributed by atoms with Gasteiger partial charge < -0.3 is 30.7 Å². The number of carbonyl (C=O) groups is 1. The molecule has 2 aromatic rings. The van der Waals surface area contributed by atoms with Gasteiger partial charge in [-0.25, -0.2) is 4.98 Å². The van der Waals surface area contributed by atoms with Gasteiger partial charge >= 0.3 is 0 Å². The van der Waals surface area contributed by atoms with Crippen LogP contribution in [0, 0.1) is 0 Å². The minimum atomic E-state index is -0.659. The van der Waals surface area contributed by atoms with Crippen LogP contribution in [0.1, 0.15) is 21.6 Å². The first-order chi connectivity index (χ1) is 16.6. The van der Waals surface area contributed by atoms with E-state index in [0.717, 1.165) is 32.6 Å². The second-order valence-electron chi connectivity index (χ2n) is 9.16. The zero-order valence-corrected chi connectivity index (χ0v) is 19.4. The number of β-amino-alcohol motifs (C(OH)–C–C–N with tert-alkyl or cyclic N) is 1. The van der Waals surface area contributed by atoms with Gasteiger partial charge in [0.25, 0.3) is 5.91 Å². The number of ether oxygens (including phenoxy) is 1. The van der Waals surface area contributed by atoms with Crippen molar-refractivity contribution in [3.8, 4) is 0 Å². The van der Waals surface area contributed by atoms with Crippen molar-refractivity contribution < 1.29 is 14.6 Å². The van der Waals surface area contributed by atoms with E-state index in [-0.39, 0.29) is 12.5 Å². The first kappa shape index (κ1) is 23.0. The quantitative estimate of drug-likeness (QED) is 0.421. The highest BCUT2D eigenvalue weighted by Crippen LogP contribution is 2.19. The molecule has 3 aliphatic heterocycles. The molecule has 5 rings (SSSR count). The van der Waals surface area contributed by atoms with Gasteiger partial charge in [0.2, 0.25) is 5.95 Å². The smallest absolute Gasteiger partial charge is 0.270 e. The van der Waals surface area contributed by atoms with Gasteiger partial charge in [0.15, 0.2) is 0 Å². The maximum absolute atomic E-state index is 13.0. The Hall–Kier alpha value is -2.79. The number of anilines is 2. The van der Waals surface area contributed by atoms with E-state index in [4.69, 9.17) is 4.74 Å². The van der Waals surface area contributed by atoms with Crippen molar-refractivity contribution in [3.05, 3.63) is 47.2 Å². The summed E-state index contributed by atoms with van der Waals surface area (Å²) in [7, 11) is 0. The normalized spacial score (nSPS) is 19.7. The van der Waals surface area contributed by atoms with Gasteiger partial charge in [-0.2, -0.15) is 4.98 Å². The summed E-state index contributed by atoms with van der Waals surface area (Å²) in [6.45, 7) is 6.74. The van der Waals surface area contributed by atoms with Gasteiger partial charge in [-0.15, -0.1) is 0 Å². The summed E-state index contributed by atoms with van der Waals surface area (Å²) in [4.78, 5) is 26.4. The van der Waals surface area contributed by atoms with Crippen LogP contribution in [0.4, 0.5) is 11.8 Å². The average molecular weight is 468 g/mol. The number of aliphatic hydroxyl groups excluding tert-OH is 1. The molecule has 10 nitrogen and oxygen atoms in total. The maximum atomic E-state index is 13.0. The van der Waals surface area contributed by atoms with Gasteiger partial charge in [0, 0.05) is 58.4 Å². The Balaban J connectivity index is 1.19. The van der Waals surface area contributed by atoms with Gasteiger partial charge in [0.05, 0.1) is 25.4 Å². The van der Waals surface area contributed by atoms with E-state index in [2.05, 4.69) is 55.1 Å². The molecule has 0 spiro atoms. The fourth-order valence-electron chi connectivity index (χ4n) is 4.50. The van der Waals surface area contributed by atoms with Crippen molar-refractivity contribution >= 4 is 17.7 Å². The van der Waals surface area contributed by atoms with E-state index < -0.39 is 6.10 Å². The average Bonchev–Trinajstić information content (AvgIpc) is 2.85. The number of aromatic nitrogens is 2. The van der Waals surface area contributed by atoms with Crippen molar-refractivity contribution in [2.45, 2.75) is 25.1 Å². The number of carbonyl (C=O) groups excluding carboxylic acids is 1. The lowest BCUT2D eigenvalue weighted by molar-refractivity contribution is 0.0838. The van der Waals surface area contributed by atoms with E-state index in [0.29, 0.717) is 56.4 Å². The van der Waals surface area contributed by atoms with E-state index in [9.17, 15) is 9.90 Å². The maximum Gasteiger partial charge on any atom is 0.270 e. The summed E-state index contributed by atoms with van der Waals surface area (Å²) in [5.74, 6) is 0.855.